The van der Waals surface area contributed by atoms with E-state index < -0.39 is 4.92 Å². The van der Waals surface area contributed by atoms with Crippen LogP contribution in [0.15, 0.2) is 18.2 Å². The molecule has 1 aliphatic rings. The van der Waals surface area contributed by atoms with Crippen molar-refractivity contribution in [1.82, 2.24) is 0 Å². The van der Waals surface area contributed by atoms with Crippen LogP contribution in [-0.4, -0.2) is 30.8 Å². The third-order valence-corrected chi connectivity index (χ3v) is 3.14. The molecule has 110 valence electrons. The molecule has 2 rings (SSSR count). The van der Waals surface area contributed by atoms with Crippen LogP contribution in [-0.2, 0) is 4.74 Å². The van der Waals surface area contributed by atoms with Crippen LogP contribution in [0.3, 0.4) is 0 Å². The standard InChI is InChI=1S/C14H20N2O4/c1-10(2)20-14-7-12(3-4-13(14)16(17)18)15-8-11-5-6-19-9-11/h3-4,7,10-11,15H,5-6,8-9H2,1-2H3. The summed E-state index contributed by atoms with van der Waals surface area (Å²) in [5.74, 6) is 0.803. The van der Waals surface area contributed by atoms with Crippen molar-refractivity contribution in [3.8, 4) is 5.75 Å². The number of nitro benzene ring substituents is 1. The molecule has 0 saturated carbocycles. The Morgan fingerprint density at radius 3 is 2.95 bits per heavy atom. The summed E-state index contributed by atoms with van der Waals surface area (Å²) in [4.78, 5) is 10.5. The van der Waals surface area contributed by atoms with Crippen molar-refractivity contribution in [1.29, 1.82) is 0 Å². The summed E-state index contributed by atoms with van der Waals surface area (Å²) < 4.78 is 10.8. The number of anilines is 1. The average molecular weight is 280 g/mol. The van der Waals surface area contributed by atoms with E-state index in [1.165, 1.54) is 6.07 Å². The number of hydrogen-bond acceptors (Lipinski definition) is 5. The van der Waals surface area contributed by atoms with Crippen molar-refractivity contribution in [3.63, 3.8) is 0 Å². The van der Waals surface area contributed by atoms with Crippen LogP contribution in [0, 0.1) is 16.0 Å². The van der Waals surface area contributed by atoms with Gasteiger partial charge in [0.25, 0.3) is 0 Å². The van der Waals surface area contributed by atoms with Gasteiger partial charge < -0.3 is 14.8 Å². The van der Waals surface area contributed by atoms with Crippen LogP contribution >= 0.6 is 0 Å². The van der Waals surface area contributed by atoms with E-state index in [2.05, 4.69) is 5.32 Å². The highest BCUT2D eigenvalue weighted by molar-refractivity contribution is 5.58. The van der Waals surface area contributed by atoms with E-state index in [0.29, 0.717) is 11.7 Å². The third kappa shape index (κ3) is 3.84. The molecule has 20 heavy (non-hydrogen) atoms. The van der Waals surface area contributed by atoms with Gasteiger partial charge in [-0.25, -0.2) is 0 Å². The van der Waals surface area contributed by atoms with Crippen molar-refractivity contribution in [2.75, 3.05) is 25.1 Å². The first-order valence-corrected chi connectivity index (χ1v) is 6.83. The number of nitrogens with one attached hydrogen (secondary N) is 1. The van der Waals surface area contributed by atoms with Crippen LogP contribution in [0.5, 0.6) is 5.75 Å². The van der Waals surface area contributed by atoms with E-state index in [0.717, 1.165) is 31.9 Å². The summed E-state index contributed by atoms with van der Waals surface area (Å²) in [5.41, 5.74) is 0.826. The van der Waals surface area contributed by atoms with Gasteiger partial charge in [-0.3, -0.25) is 10.1 Å². The van der Waals surface area contributed by atoms with E-state index in [1.54, 1.807) is 12.1 Å². The van der Waals surface area contributed by atoms with Gasteiger partial charge in [0.15, 0.2) is 5.75 Å². The summed E-state index contributed by atoms with van der Waals surface area (Å²) in [6, 6.07) is 4.88. The van der Waals surface area contributed by atoms with Gasteiger partial charge in [0, 0.05) is 36.9 Å². The molecule has 6 nitrogen and oxygen atoms in total. The first-order chi connectivity index (χ1) is 9.56. The van der Waals surface area contributed by atoms with Crippen molar-refractivity contribution in [2.24, 2.45) is 5.92 Å². The Bertz CT molecular complexity index is 470. The molecular weight excluding hydrogens is 260 g/mol. The molecule has 1 saturated heterocycles. The molecule has 0 bridgehead atoms. The fourth-order valence-corrected chi connectivity index (χ4v) is 2.13. The second-order valence-corrected chi connectivity index (χ2v) is 5.22. The van der Waals surface area contributed by atoms with E-state index in [-0.39, 0.29) is 11.8 Å². The van der Waals surface area contributed by atoms with Crippen LogP contribution in [0.4, 0.5) is 11.4 Å². The lowest BCUT2D eigenvalue weighted by Crippen LogP contribution is -2.14. The maximum Gasteiger partial charge on any atom is 0.311 e. The Hall–Kier alpha value is -1.82. The highest BCUT2D eigenvalue weighted by atomic mass is 16.6. The molecule has 1 atom stereocenters. The highest BCUT2D eigenvalue weighted by Gasteiger charge is 2.18. The maximum absolute atomic E-state index is 11.0. The molecular formula is C14H20N2O4. The van der Waals surface area contributed by atoms with Crippen molar-refractivity contribution < 1.29 is 14.4 Å². The highest BCUT2D eigenvalue weighted by Crippen LogP contribution is 2.31. The Labute approximate surface area is 118 Å². The van der Waals surface area contributed by atoms with Crippen molar-refractivity contribution in [3.05, 3.63) is 28.3 Å². The zero-order valence-corrected chi connectivity index (χ0v) is 11.8. The fraction of sp³-hybridized carbons (Fsp3) is 0.571. The number of nitrogens with zero attached hydrogens (tertiary/aromatic N) is 1. The van der Waals surface area contributed by atoms with E-state index in [1.807, 2.05) is 13.8 Å². The Morgan fingerprint density at radius 2 is 2.35 bits per heavy atom. The number of nitro groups is 1. The first-order valence-electron chi connectivity index (χ1n) is 6.83. The molecule has 1 unspecified atom stereocenters. The molecule has 6 heteroatoms. The number of benzene rings is 1. The van der Waals surface area contributed by atoms with Gasteiger partial charge in [-0.05, 0) is 26.3 Å². The fourth-order valence-electron chi connectivity index (χ4n) is 2.13. The lowest BCUT2D eigenvalue weighted by atomic mass is 10.1. The quantitative estimate of drug-likeness (QED) is 0.640. The van der Waals surface area contributed by atoms with E-state index in [9.17, 15) is 10.1 Å². The normalized spacial score (nSPS) is 18.2. The predicted molar refractivity (Wildman–Crippen MR) is 76.3 cm³/mol. The molecule has 0 aliphatic carbocycles. The predicted octanol–water partition coefficient (Wildman–Crippen LogP) is 2.83. The van der Waals surface area contributed by atoms with Gasteiger partial charge in [-0.15, -0.1) is 0 Å². The zero-order valence-electron chi connectivity index (χ0n) is 11.8. The summed E-state index contributed by atoms with van der Waals surface area (Å²) >= 11 is 0. The SMILES string of the molecule is CC(C)Oc1cc(NCC2CCOC2)ccc1[N+](=O)[O-]. The minimum Gasteiger partial charge on any atom is -0.484 e. The van der Waals surface area contributed by atoms with Crippen molar-refractivity contribution in [2.45, 2.75) is 26.4 Å². The summed E-state index contributed by atoms with van der Waals surface area (Å²) in [6.07, 6.45) is 0.946. The van der Waals surface area contributed by atoms with Crippen LogP contribution < -0.4 is 10.1 Å². The Kier molecular flexibility index (Phi) is 4.79. The van der Waals surface area contributed by atoms with Gasteiger partial charge >= 0.3 is 5.69 Å². The molecule has 1 heterocycles. The van der Waals surface area contributed by atoms with Crippen molar-refractivity contribution >= 4 is 11.4 Å². The summed E-state index contributed by atoms with van der Waals surface area (Å²) in [6.45, 7) is 6.09. The van der Waals surface area contributed by atoms with Gasteiger partial charge in [0.2, 0.25) is 0 Å². The average Bonchev–Trinajstić information content (AvgIpc) is 2.88. The molecule has 1 N–H and O–H groups in total. The Morgan fingerprint density at radius 1 is 1.55 bits per heavy atom. The van der Waals surface area contributed by atoms with Gasteiger partial charge in [0.05, 0.1) is 17.6 Å². The maximum atomic E-state index is 11.0. The third-order valence-electron chi connectivity index (χ3n) is 3.14. The number of hydrogen-bond donors (Lipinski definition) is 1. The topological polar surface area (TPSA) is 73.6 Å². The molecule has 1 aromatic carbocycles. The minimum absolute atomic E-state index is 0.00607. The Balaban J connectivity index is 2.07. The second-order valence-electron chi connectivity index (χ2n) is 5.22. The van der Waals surface area contributed by atoms with Crippen LogP contribution in [0.1, 0.15) is 20.3 Å². The first kappa shape index (κ1) is 14.6. The van der Waals surface area contributed by atoms with Gasteiger partial charge in [-0.2, -0.15) is 0 Å². The smallest absolute Gasteiger partial charge is 0.311 e. The monoisotopic (exact) mass is 280 g/mol. The lowest BCUT2D eigenvalue weighted by Gasteiger charge is -2.14. The zero-order chi connectivity index (χ0) is 14.5. The number of ether oxygens (including phenoxy) is 2. The minimum atomic E-state index is -0.424. The van der Waals surface area contributed by atoms with E-state index >= 15 is 0 Å². The number of rotatable bonds is 6. The molecule has 1 aromatic rings. The van der Waals surface area contributed by atoms with Gasteiger partial charge in [0.1, 0.15) is 0 Å². The lowest BCUT2D eigenvalue weighted by molar-refractivity contribution is -0.386. The molecule has 0 amide bonds. The molecule has 1 fully saturated rings. The summed E-state index contributed by atoms with van der Waals surface area (Å²) in [7, 11) is 0. The molecule has 0 aromatic heterocycles. The summed E-state index contributed by atoms with van der Waals surface area (Å²) in [5, 5.41) is 14.3. The molecule has 0 radical (unpaired) electrons. The van der Waals surface area contributed by atoms with Crippen LogP contribution in [0.25, 0.3) is 0 Å². The van der Waals surface area contributed by atoms with Crippen LogP contribution in [0.2, 0.25) is 0 Å². The molecule has 0 spiro atoms. The second kappa shape index (κ2) is 6.56. The largest absolute Gasteiger partial charge is 0.484 e. The van der Waals surface area contributed by atoms with Gasteiger partial charge in [-0.1, -0.05) is 0 Å². The molecule has 1 aliphatic heterocycles. The van der Waals surface area contributed by atoms with E-state index in [4.69, 9.17) is 9.47 Å².